The van der Waals surface area contributed by atoms with E-state index in [1.165, 1.54) is 12.1 Å². The Bertz CT molecular complexity index is 1160. The van der Waals surface area contributed by atoms with Gasteiger partial charge < -0.3 is 28.7 Å². The minimum atomic E-state index is -0.711. The number of rotatable bonds is 11. The van der Waals surface area contributed by atoms with Gasteiger partial charge in [0.15, 0.2) is 0 Å². The molecule has 3 heterocycles. The number of benzene rings is 2. The van der Waals surface area contributed by atoms with Crippen LogP contribution in [0.4, 0.5) is 10.3 Å². The van der Waals surface area contributed by atoms with Gasteiger partial charge in [-0.05, 0) is 55.7 Å². The van der Waals surface area contributed by atoms with Gasteiger partial charge in [-0.2, -0.15) is 0 Å². The number of hydrogen-bond acceptors (Lipinski definition) is 8. The summed E-state index contributed by atoms with van der Waals surface area (Å²) in [5, 5.41) is 15.4. The first-order chi connectivity index (χ1) is 18.6. The Labute approximate surface area is 222 Å². The molecule has 2 aliphatic heterocycles. The summed E-state index contributed by atoms with van der Waals surface area (Å²) in [6.07, 6.45) is 1.40. The molecule has 0 spiro atoms. The average Bonchev–Trinajstić information content (AvgIpc) is 3.59. The molecule has 0 bridgehead atoms. The molecule has 1 N–H and O–H groups in total. The van der Waals surface area contributed by atoms with Gasteiger partial charge in [0.1, 0.15) is 30.0 Å². The molecule has 0 amide bonds. The fourth-order valence-electron chi connectivity index (χ4n) is 5.05. The predicted molar refractivity (Wildman–Crippen MR) is 142 cm³/mol. The second-order valence-electron chi connectivity index (χ2n) is 9.98. The molecule has 204 valence electrons. The number of halogens is 1. The molecule has 8 nitrogen and oxygen atoms in total. The van der Waals surface area contributed by atoms with Crippen LogP contribution in [0.1, 0.15) is 24.0 Å². The van der Waals surface area contributed by atoms with Crippen LogP contribution in [0.25, 0.3) is 11.3 Å². The standard InChI is InChI=1S/C29H36FN3O5/c1-21-5-2-3-7-27(21)37-20-24(34)17-32(18-25-6-4-14-36-25)19-26-28(22-8-10-23(30)11-9-22)31-38-29(26)33-12-15-35-16-13-33/h2-3,5,7-11,24-25,34H,4,6,12-20H2,1H3/t24-,25+/m0/s1. The Balaban J connectivity index is 1.38. The summed E-state index contributed by atoms with van der Waals surface area (Å²) in [4.78, 5) is 4.33. The van der Waals surface area contributed by atoms with Crippen LogP contribution in [0.2, 0.25) is 0 Å². The Hall–Kier alpha value is -2.98. The normalized spacial score (nSPS) is 18.7. The van der Waals surface area contributed by atoms with Crippen LogP contribution in [-0.4, -0.2) is 80.0 Å². The second kappa shape index (κ2) is 12.7. The third kappa shape index (κ3) is 6.71. The number of para-hydroxylation sites is 1. The fraction of sp³-hybridized carbons (Fsp3) is 0.483. The Morgan fingerprint density at radius 3 is 2.66 bits per heavy atom. The first-order valence-corrected chi connectivity index (χ1v) is 13.3. The van der Waals surface area contributed by atoms with Crippen molar-refractivity contribution in [3.8, 4) is 17.0 Å². The van der Waals surface area contributed by atoms with E-state index in [1.807, 2.05) is 31.2 Å². The van der Waals surface area contributed by atoms with Crippen LogP contribution >= 0.6 is 0 Å². The van der Waals surface area contributed by atoms with Gasteiger partial charge in [-0.3, -0.25) is 4.90 Å². The number of aliphatic hydroxyl groups is 1. The third-order valence-corrected chi connectivity index (χ3v) is 7.04. The Kier molecular flexibility index (Phi) is 8.90. The van der Waals surface area contributed by atoms with E-state index in [0.717, 1.165) is 41.9 Å². The maximum Gasteiger partial charge on any atom is 0.232 e. The van der Waals surface area contributed by atoms with E-state index in [-0.39, 0.29) is 18.5 Å². The number of anilines is 1. The SMILES string of the molecule is Cc1ccccc1OC[C@@H](O)CN(Cc1c(-c2ccc(F)cc2)noc1N1CCOCC1)C[C@H]1CCCO1. The molecular weight excluding hydrogens is 489 g/mol. The van der Waals surface area contributed by atoms with Crippen molar-refractivity contribution in [1.29, 1.82) is 0 Å². The van der Waals surface area contributed by atoms with Crippen LogP contribution < -0.4 is 9.64 Å². The molecule has 0 unspecified atom stereocenters. The highest BCUT2D eigenvalue weighted by atomic mass is 19.1. The van der Waals surface area contributed by atoms with Crippen LogP contribution in [0.3, 0.4) is 0 Å². The molecule has 1 aromatic heterocycles. The van der Waals surface area contributed by atoms with Crippen molar-refractivity contribution in [2.45, 2.75) is 38.5 Å². The smallest absolute Gasteiger partial charge is 0.232 e. The lowest BCUT2D eigenvalue weighted by molar-refractivity contribution is 0.0312. The number of ether oxygens (including phenoxy) is 3. The number of aromatic nitrogens is 1. The summed E-state index contributed by atoms with van der Waals surface area (Å²) >= 11 is 0. The molecule has 3 aromatic rings. The summed E-state index contributed by atoms with van der Waals surface area (Å²) in [5.74, 6) is 1.16. The van der Waals surface area contributed by atoms with Crippen LogP contribution in [0.5, 0.6) is 5.75 Å². The fourth-order valence-corrected chi connectivity index (χ4v) is 5.05. The van der Waals surface area contributed by atoms with Gasteiger partial charge in [-0.1, -0.05) is 23.4 Å². The molecule has 2 aromatic carbocycles. The van der Waals surface area contributed by atoms with Gasteiger partial charge in [0.2, 0.25) is 5.88 Å². The first kappa shape index (κ1) is 26.6. The van der Waals surface area contributed by atoms with Crippen LogP contribution in [0, 0.1) is 12.7 Å². The van der Waals surface area contributed by atoms with Gasteiger partial charge in [0.25, 0.3) is 0 Å². The molecule has 2 atom stereocenters. The minimum absolute atomic E-state index is 0.0976. The Morgan fingerprint density at radius 1 is 1.13 bits per heavy atom. The molecular formula is C29H36FN3O5. The van der Waals surface area contributed by atoms with Gasteiger partial charge >= 0.3 is 0 Å². The van der Waals surface area contributed by atoms with E-state index < -0.39 is 6.10 Å². The van der Waals surface area contributed by atoms with Crippen LogP contribution in [-0.2, 0) is 16.0 Å². The van der Waals surface area contributed by atoms with Crippen molar-refractivity contribution >= 4 is 5.88 Å². The molecule has 2 fully saturated rings. The molecule has 2 saturated heterocycles. The zero-order valence-corrected chi connectivity index (χ0v) is 21.9. The molecule has 0 radical (unpaired) electrons. The molecule has 5 rings (SSSR count). The number of hydrogen-bond donors (Lipinski definition) is 1. The van der Waals surface area contributed by atoms with Crippen molar-refractivity contribution in [1.82, 2.24) is 10.1 Å². The average molecular weight is 526 g/mol. The van der Waals surface area contributed by atoms with E-state index in [1.54, 1.807) is 12.1 Å². The molecule has 0 saturated carbocycles. The highest BCUT2D eigenvalue weighted by Crippen LogP contribution is 2.33. The summed E-state index contributed by atoms with van der Waals surface area (Å²) in [7, 11) is 0. The summed E-state index contributed by atoms with van der Waals surface area (Å²) in [6.45, 7) is 7.09. The lowest BCUT2D eigenvalue weighted by Gasteiger charge is -2.30. The monoisotopic (exact) mass is 525 g/mol. The van der Waals surface area contributed by atoms with E-state index in [9.17, 15) is 9.50 Å². The van der Waals surface area contributed by atoms with Crippen molar-refractivity contribution < 1.29 is 28.2 Å². The summed E-state index contributed by atoms with van der Waals surface area (Å²) < 4.78 is 37.0. The lowest BCUT2D eigenvalue weighted by atomic mass is 10.1. The van der Waals surface area contributed by atoms with Gasteiger partial charge in [0.05, 0.1) is 24.9 Å². The third-order valence-electron chi connectivity index (χ3n) is 7.04. The van der Waals surface area contributed by atoms with E-state index in [0.29, 0.717) is 57.5 Å². The minimum Gasteiger partial charge on any atom is -0.491 e. The quantitative estimate of drug-likeness (QED) is 0.402. The molecule has 38 heavy (non-hydrogen) atoms. The maximum absolute atomic E-state index is 13.7. The molecule has 9 heteroatoms. The second-order valence-corrected chi connectivity index (χ2v) is 9.98. The van der Waals surface area contributed by atoms with Gasteiger partial charge in [0, 0.05) is 44.9 Å². The van der Waals surface area contributed by atoms with E-state index >= 15 is 0 Å². The Morgan fingerprint density at radius 2 is 1.92 bits per heavy atom. The van der Waals surface area contributed by atoms with Gasteiger partial charge in [-0.15, -0.1) is 0 Å². The summed E-state index contributed by atoms with van der Waals surface area (Å²) in [5.41, 5.74) is 3.39. The topological polar surface area (TPSA) is 80.4 Å². The van der Waals surface area contributed by atoms with Crippen molar-refractivity contribution in [3.63, 3.8) is 0 Å². The van der Waals surface area contributed by atoms with Crippen molar-refractivity contribution in [2.24, 2.45) is 0 Å². The summed E-state index contributed by atoms with van der Waals surface area (Å²) in [6, 6.07) is 14.1. The van der Waals surface area contributed by atoms with E-state index in [2.05, 4.69) is 15.0 Å². The maximum atomic E-state index is 13.7. The largest absolute Gasteiger partial charge is 0.491 e. The van der Waals surface area contributed by atoms with Gasteiger partial charge in [-0.25, -0.2) is 4.39 Å². The number of morpholine rings is 1. The zero-order chi connectivity index (χ0) is 26.3. The van der Waals surface area contributed by atoms with Crippen molar-refractivity contribution in [2.75, 3.05) is 57.5 Å². The number of aliphatic hydroxyl groups excluding tert-OH is 1. The number of aryl methyl sites for hydroxylation is 1. The van der Waals surface area contributed by atoms with E-state index in [4.69, 9.17) is 18.7 Å². The lowest BCUT2D eigenvalue weighted by Crippen LogP contribution is -2.40. The molecule has 0 aliphatic carbocycles. The highest BCUT2D eigenvalue weighted by Gasteiger charge is 2.28. The van der Waals surface area contributed by atoms with Crippen LogP contribution in [0.15, 0.2) is 53.1 Å². The predicted octanol–water partition coefficient (Wildman–Crippen LogP) is 4.05. The zero-order valence-electron chi connectivity index (χ0n) is 21.9. The van der Waals surface area contributed by atoms with Crippen molar-refractivity contribution in [3.05, 3.63) is 65.5 Å². The molecule has 2 aliphatic rings. The first-order valence-electron chi connectivity index (χ1n) is 13.3. The highest BCUT2D eigenvalue weighted by molar-refractivity contribution is 5.68. The number of nitrogens with zero attached hydrogens (tertiary/aromatic N) is 3.